The minimum Gasteiger partial charge on any atom is -0.469 e. The third kappa shape index (κ3) is 6.03. The third-order valence-electron chi connectivity index (χ3n) is 4.93. The van der Waals surface area contributed by atoms with Gasteiger partial charge in [-0.1, -0.05) is 34.1 Å². The first-order chi connectivity index (χ1) is 11.9. The van der Waals surface area contributed by atoms with Crippen LogP contribution in [0.2, 0.25) is 0 Å². The lowest BCUT2D eigenvalue weighted by Gasteiger charge is -2.48. The zero-order chi connectivity index (χ0) is 20.1. The van der Waals surface area contributed by atoms with Gasteiger partial charge in [0, 0.05) is 0 Å². The van der Waals surface area contributed by atoms with Crippen LogP contribution in [-0.2, 0) is 28.6 Å². The second kappa shape index (κ2) is 8.92. The SMILES string of the molecule is COC(=O)C[C@H](N)C(=O)OC(=O)[C@@H](N)COC1C(C)(C)CCCC1(C)C. The van der Waals surface area contributed by atoms with Crippen molar-refractivity contribution in [1.82, 2.24) is 0 Å². The first kappa shape index (κ1) is 22.5. The van der Waals surface area contributed by atoms with Crippen molar-refractivity contribution >= 4 is 17.9 Å². The molecule has 0 radical (unpaired) electrons. The number of hydrogen-bond acceptors (Lipinski definition) is 8. The van der Waals surface area contributed by atoms with E-state index in [1.54, 1.807) is 0 Å². The average molecular weight is 372 g/mol. The van der Waals surface area contributed by atoms with Gasteiger partial charge >= 0.3 is 17.9 Å². The van der Waals surface area contributed by atoms with E-state index < -0.39 is 30.0 Å². The van der Waals surface area contributed by atoms with Crippen molar-refractivity contribution in [3.8, 4) is 0 Å². The van der Waals surface area contributed by atoms with Crippen molar-refractivity contribution < 1.29 is 28.6 Å². The molecule has 0 spiro atoms. The van der Waals surface area contributed by atoms with E-state index in [0.29, 0.717) is 0 Å². The fourth-order valence-electron chi connectivity index (χ4n) is 3.64. The predicted octanol–water partition coefficient (Wildman–Crippen LogP) is 0.895. The van der Waals surface area contributed by atoms with Gasteiger partial charge in [-0.2, -0.15) is 0 Å². The van der Waals surface area contributed by atoms with Crippen LogP contribution in [0.4, 0.5) is 0 Å². The molecule has 0 heterocycles. The van der Waals surface area contributed by atoms with E-state index in [-0.39, 0.29) is 30.0 Å². The molecule has 2 atom stereocenters. The van der Waals surface area contributed by atoms with Crippen LogP contribution >= 0.6 is 0 Å². The highest BCUT2D eigenvalue weighted by atomic mass is 16.6. The first-order valence-electron chi connectivity index (χ1n) is 8.86. The molecule has 0 saturated heterocycles. The van der Waals surface area contributed by atoms with Gasteiger partial charge in [-0.05, 0) is 23.7 Å². The van der Waals surface area contributed by atoms with Crippen LogP contribution in [0.5, 0.6) is 0 Å². The summed E-state index contributed by atoms with van der Waals surface area (Å²) in [6, 6.07) is -2.39. The van der Waals surface area contributed by atoms with Gasteiger partial charge in [-0.25, -0.2) is 9.59 Å². The lowest BCUT2D eigenvalue weighted by atomic mass is 9.63. The van der Waals surface area contributed by atoms with E-state index in [1.807, 2.05) is 0 Å². The summed E-state index contributed by atoms with van der Waals surface area (Å²) < 4.78 is 15.0. The predicted molar refractivity (Wildman–Crippen MR) is 94.8 cm³/mol. The number of rotatable bonds is 7. The maximum atomic E-state index is 12.0. The van der Waals surface area contributed by atoms with Gasteiger partial charge in [0.25, 0.3) is 0 Å². The maximum Gasteiger partial charge on any atom is 0.333 e. The molecular weight excluding hydrogens is 340 g/mol. The molecule has 8 nitrogen and oxygen atoms in total. The zero-order valence-corrected chi connectivity index (χ0v) is 16.4. The molecule has 1 fully saturated rings. The van der Waals surface area contributed by atoms with Crippen LogP contribution < -0.4 is 11.5 Å². The molecule has 26 heavy (non-hydrogen) atoms. The number of ether oxygens (including phenoxy) is 3. The van der Waals surface area contributed by atoms with E-state index in [2.05, 4.69) is 37.2 Å². The van der Waals surface area contributed by atoms with Gasteiger partial charge in [0.2, 0.25) is 0 Å². The molecule has 0 amide bonds. The van der Waals surface area contributed by atoms with Crippen LogP contribution in [0, 0.1) is 10.8 Å². The van der Waals surface area contributed by atoms with E-state index in [0.717, 1.165) is 19.3 Å². The van der Waals surface area contributed by atoms with Gasteiger partial charge in [0.05, 0.1) is 26.2 Å². The van der Waals surface area contributed by atoms with E-state index in [9.17, 15) is 14.4 Å². The molecular formula is C18H32N2O6. The summed E-state index contributed by atoms with van der Waals surface area (Å²) in [5.41, 5.74) is 11.2. The Labute approximate surface area is 154 Å². The molecule has 150 valence electrons. The smallest absolute Gasteiger partial charge is 0.333 e. The Morgan fingerprint density at radius 1 is 1.00 bits per heavy atom. The van der Waals surface area contributed by atoms with Crippen molar-refractivity contribution in [2.75, 3.05) is 13.7 Å². The first-order valence-corrected chi connectivity index (χ1v) is 8.86. The van der Waals surface area contributed by atoms with Crippen LogP contribution in [0.1, 0.15) is 53.4 Å². The van der Waals surface area contributed by atoms with Crippen LogP contribution in [0.25, 0.3) is 0 Å². The summed E-state index contributed by atoms with van der Waals surface area (Å²) >= 11 is 0. The minimum absolute atomic E-state index is 0.0376. The molecule has 1 rings (SSSR count). The Morgan fingerprint density at radius 2 is 1.50 bits per heavy atom. The Bertz CT molecular complexity index is 516. The monoisotopic (exact) mass is 372 g/mol. The zero-order valence-electron chi connectivity index (χ0n) is 16.4. The van der Waals surface area contributed by atoms with E-state index >= 15 is 0 Å². The summed E-state index contributed by atoms with van der Waals surface area (Å²) in [4.78, 5) is 34.8. The van der Waals surface area contributed by atoms with Crippen molar-refractivity contribution in [2.24, 2.45) is 22.3 Å². The summed E-state index contributed by atoms with van der Waals surface area (Å²) in [5.74, 6) is -2.62. The third-order valence-corrected chi connectivity index (χ3v) is 4.93. The summed E-state index contributed by atoms with van der Waals surface area (Å²) in [7, 11) is 1.17. The highest BCUT2D eigenvalue weighted by Gasteiger charge is 2.45. The molecule has 1 saturated carbocycles. The molecule has 8 heteroatoms. The van der Waals surface area contributed by atoms with Gasteiger partial charge < -0.3 is 25.7 Å². The van der Waals surface area contributed by atoms with Crippen molar-refractivity contribution in [3.63, 3.8) is 0 Å². The number of methoxy groups -OCH3 is 1. The number of carbonyl (C=O) groups excluding carboxylic acids is 3. The van der Waals surface area contributed by atoms with E-state index in [4.69, 9.17) is 16.2 Å². The molecule has 1 aliphatic rings. The average Bonchev–Trinajstić information content (AvgIpc) is 2.52. The highest BCUT2D eigenvalue weighted by molar-refractivity contribution is 5.92. The summed E-state index contributed by atoms with van der Waals surface area (Å²) in [6.07, 6.45) is 2.74. The molecule has 0 aromatic rings. The fourth-order valence-corrected chi connectivity index (χ4v) is 3.64. The molecule has 0 aromatic heterocycles. The van der Waals surface area contributed by atoms with Crippen LogP contribution in [0.15, 0.2) is 0 Å². The Balaban J connectivity index is 2.56. The highest BCUT2D eigenvalue weighted by Crippen LogP contribution is 2.47. The molecule has 1 aliphatic carbocycles. The summed E-state index contributed by atoms with van der Waals surface area (Å²) in [6.45, 7) is 8.49. The van der Waals surface area contributed by atoms with Crippen LogP contribution in [0.3, 0.4) is 0 Å². The topological polar surface area (TPSA) is 131 Å². The van der Waals surface area contributed by atoms with Gasteiger partial charge in [-0.3, -0.25) is 4.79 Å². The lowest BCUT2D eigenvalue weighted by molar-refractivity contribution is -0.167. The Kier molecular flexibility index (Phi) is 7.73. The number of carbonyl (C=O) groups is 3. The van der Waals surface area contributed by atoms with Crippen LogP contribution in [-0.4, -0.2) is 49.8 Å². The quantitative estimate of drug-likeness (QED) is 0.498. The normalized spacial score (nSPS) is 21.5. The second-order valence-electron chi connectivity index (χ2n) is 8.28. The van der Waals surface area contributed by atoms with Gasteiger partial charge in [-0.15, -0.1) is 0 Å². The van der Waals surface area contributed by atoms with Crippen molar-refractivity contribution in [2.45, 2.75) is 71.6 Å². The molecule has 0 aliphatic heterocycles. The minimum atomic E-state index is -1.28. The van der Waals surface area contributed by atoms with Crippen molar-refractivity contribution in [1.29, 1.82) is 0 Å². The van der Waals surface area contributed by atoms with Gasteiger partial charge in [0.15, 0.2) is 0 Å². The van der Waals surface area contributed by atoms with E-state index in [1.165, 1.54) is 7.11 Å². The van der Waals surface area contributed by atoms with Gasteiger partial charge in [0.1, 0.15) is 12.1 Å². The number of esters is 3. The summed E-state index contributed by atoms with van der Waals surface area (Å²) in [5, 5.41) is 0. The maximum absolute atomic E-state index is 12.0. The standard InChI is InChI=1S/C18H32N2O6/c1-17(2)7-6-8-18(3,4)16(17)25-10-12(20)15(23)26-14(22)11(19)9-13(21)24-5/h11-12,16H,6-10,19-20H2,1-5H3/t11-,12-/m0/s1. The second-order valence-corrected chi connectivity index (χ2v) is 8.28. The Morgan fingerprint density at radius 3 is 2.00 bits per heavy atom. The fraction of sp³-hybridized carbons (Fsp3) is 0.833. The molecule has 0 unspecified atom stereocenters. The molecule has 0 bridgehead atoms. The molecule has 0 aromatic carbocycles. The number of nitrogens with two attached hydrogens (primary N) is 2. The van der Waals surface area contributed by atoms with Crippen molar-refractivity contribution in [3.05, 3.63) is 0 Å². The number of hydrogen-bond donors (Lipinski definition) is 2. The molecule has 4 N–H and O–H groups in total. The lowest BCUT2D eigenvalue weighted by Crippen LogP contribution is -2.50. The largest absolute Gasteiger partial charge is 0.469 e. The Hall–Kier alpha value is -1.51.